The van der Waals surface area contributed by atoms with Crippen LogP contribution in [0.1, 0.15) is 68.2 Å². The molecule has 0 saturated carbocycles. The van der Waals surface area contributed by atoms with E-state index in [0.29, 0.717) is 11.3 Å². The molecule has 0 heterocycles. The molecule has 0 aromatic carbocycles. The fourth-order valence-electron chi connectivity index (χ4n) is 2.22. The summed E-state index contributed by atoms with van der Waals surface area (Å²) in [6.07, 6.45) is -4.22. The summed E-state index contributed by atoms with van der Waals surface area (Å²) < 4.78 is 15.5. The number of nitrogens with zero attached hydrogens (tertiary/aromatic N) is 1. The van der Waals surface area contributed by atoms with Crippen LogP contribution >= 0.6 is 0 Å². The molecule has 2 N–H and O–H groups in total. The molecule has 2 amide bonds. The van der Waals surface area contributed by atoms with Crippen molar-refractivity contribution in [1.29, 1.82) is 0 Å². The van der Waals surface area contributed by atoms with Crippen LogP contribution in [0, 0.1) is 0 Å². The Morgan fingerprint density at radius 2 is 1.36 bits per heavy atom. The minimum atomic E-state index is -1.57. The summed E-state index contributed by atoms with van der Waals surface area (Å²) in [6, 6.07) is -1.39. The second-order valence-electron chi connectivity index (χ2n) is 8.55. The number of amides is 2. The highest BCUT2D eigenvalue weighted by Gasteiger charge is 2.42. The molecule has 28 heavy (non-hydrogen) atoms. The maximum Gasteiger partial charge on any atom is 0.420 e. The predicted molar refractivity (Wildman–Crippen MR) is 102 cm³/mol. The third-order valence-electron chi connectivity index (χ3n) is 3.34. The first-order valence-corrected chi connectivity index (χ1v) is 9.33. The number of esters is 1. The molecule has 0 aromatic heterocycles. The zero-order chi connectivity index (χ0) is 22.3. The smallest absolute Gasteiger partial charge is 0.420 e. The third kappa shape index (κ3) is 9.89. The van der Waals surface area contributed by atoms with Gasteiger partial charge in [0.05, 0.1) is 6.10 Å². The molecule has 0 radical (unpaired) electrons. The van der Waals surface area contributed by atoms with Crippen molar-refractivity contribution in [2.45, 2.75) is 97.7 Å². The van der Waals surface area contributed by atoms with E-state index in [0.717, 1.165) is 6.92 Å². The molecule has 0 rings (SSSR count). The van der Waals surface area contributed by atoms with Crippen molar-refractivity contribution >= 4 is 18.2 Å². The molecule has 3 atom stereocenters. The summed E-state index contributed by atoms with van der Waals surface area (Å²) in [6.45, 7) is 12.1. The van der Waals surface area contributed by atoms with Gasteiger partial charge >= 0.3 is 18.2 Å². The lowest BCUT2D eigenvalue weighted by atomic mass is 10.0. The van der Waals surface area contributed by atoms with E-state index in [1.54, 1.807) is 48.5 Å². The number of hydrogen-bond donors (Lipinski definition) is 2. The van der Waals surface area contributed by atoms with E-state index in [2.05, 4.69) is 0 Å². The molecule has 9 heteroatoms. The number of aliphatic hydroxyl groups excluding tert-OH is 2. The standard InChI is InChI=1S/C19H35NO8/c1-9-10-14(22)15(23)13(11-26-12(2)21)20(16(24)27-18(3,4)5)17(25)28-19(6,7)8/h13-15,22-23H,9-11H2,1-8H3/t13-,14+,15-/m0/s1. The van der Waals surface area contributed by atoms with E-state index in [-0.39, 0.29) is 6.42 Å². The SMILES string of the molecule is CCC[C@@H](O)[C@@H](O)[C@H](COC(C)=O)N(C(=O)OC(C)(C)C)C(=O)OC(C)(C)C. The number of aliphatic hydroxyl groups is 2. The van der Waals surface area contributed by atoms with Crippen LogP contribution in [0.4, 0.5) is 9.59 Å². The summed E-state index contributed by atoms with van der Waals surface area (Å²) in [5.74, 6) is -0.671. The zero-order valence-corrected chi connectivity index (χ0v) is 18.1. The van der Waals surface area contributed by atoms with Gasteiger partial charge in [-0.2, -0.15) is 0 Å². The minimum absolute atomic E-state index is 0.216. The van der Waals surface area contributed by atoms with Crippen LogP contribution in [0.3, 0.4) is 0 Å². The number of hydrogen-bond acceptors (Lipinski definition) is 8. The van der Waals surface area contributed by atoms with Gasteiger partial charge in [0.15, 0.2) is 0 Å². The van der Waals surface area contributed by atoms with E-state index in [9.17, 15) is 24.6 Å². The second kappa shape index (κ2) is 10.6. The maximum atomic E-state index is 12.7. The lowest BCUT2D eigenvalue weighted by Gasteiger charge is -2.36. The molecule has 0 saturated heterocycles. The summed E-state index contributed by atoms with van der Waals surface area (Å²) in [5.41, 5.74) is -1.87. The van der Waals surface area contributed by atoms with E-state index < -0.39 is 54.2 Å². The number of carbonyl (C=O) groups excluding carboxylic acids is 3. The van der Waals surface area contributed by atoms with Crippen molar-refractivity contribution < 1.29 is 38.8 Å². The first kappa shape index (κ1) is 26.1. The Labute approximate surface area is 166 Å². The van der Waals surface area contributed by atoms with Gasteiger partial charge in [-0.15, -0.1) is 0 Å². The van der Waals surface area contributed by atoms with Gasteiger partial charge in [-0.3, -0.25) is 4.79 Å². The Morgan fingerprint density at radius 1 is 0.929 bits per heavy atom. The highest BCUT2D eigenvalue weighted by molar-refractivity contribution is 5.88. The van der Waals surface area contributed by atoms with E-state index in [1.165, 1.54) is 0 Å². The topological polar surface area (TPSA) is 123 Å². The quantitative estimate of drug-likeness (QED) is 0.489. The van der Waals surface area contributed by atoms with Gasteiger partial charge in [-0.05, 0) is 48.0 Å². The van der Waals surface area contributed by atoms with Crippen molar-refractivity contribution in [2.24, 2.45) is 0 Å². The average molecular weight is 405 g/mol. The van der Waals surface area contributed by atoms with Crippen LogP contribution in [-0.2, 0) is 19.0 Å². The number of ether oxygens (including phenoxy) is 3. The molecule has 0 aliphatic rings. The molecule has 0 aliphatic heterocycles. The molecule has 0 bridgehead atoms. The summed E-state index contributed by atoms with van der Waals surface area (Å²) in [4.78, 5) is 37.3. The molecular formula is C19H35NO8. The van der Waals surface area contributed by atoms with Gasteiger partial charge in [-0.1, -0.05) is 13.3 Å². The molecule has 0 unspecified atom stereocenters. The van der Waals surface area contributed by atoms with Gasteiger partial charge < -0.3 is 24.4 Å². The number of imide groups is 1. The fourth-order valence-corrected chi connectivity index (χ4v) is 2.22. The Kier molecular flexibility index (Phi) is 9.90. The molecule has 0 aliphatic carbocycles. The summed E-state index contributed by atoms with van der Waals surface area (Å²) >= 11 is 0. The van der Waals surface area contributed by atoms with Gasteiger partial charge in [0.1, 0.15) is 30.0 Å². The summed E-state index contributed by atoms with van der Waals surface area (Å²) in [7, 11) is 0. The van der Waals surface area contributed by atoms with Gasteiger partial charge in [0.2, 0.25) is 0 Å². The van der Waals surface area contributed by atoms with Crippen molar-refractivity contribution in [3.05, 3.63) is 0 Å². The van der Waals surface area contributed by atoms with Crippen LogP contribution in [0.2, 0.25) is 0 Å². The molecule has 9 nitrogen and oxygen atoms in total. The van der Waals surface area contributed by atoms with Crippen LogP contribution in [-0.4, -0.2) is 69.3 Å². The average Bonchev–Trinajstić information content (AvgIpc) is 2.46. The molecule has 0 spiro atoms. The zero-order valence-electron chi connectivity index (χ0n) is 18.1. The van der Waals surface area contributed by atoms with E-state index >= 15 is 0 Å². The third-order valence-corrected chi connectivity index (χ3v) is 3.34. The fraction of sp³-hybridized carbons (Fsp3) is 0.842. The Balaban J connectivity index is 5.98. The monoisotopic (exact) mass is 405 g/mol. The highest BCUT2D eigenvalue weighted by atomic mass is 16.6. The van der Waals surface area contributed by atoms with Crippen molar-refractivity contribution in [1.82, 2.24) is 4.90 Å². The van der Waals surface area contributed by atoms with Crippen LogP contribution in [0.5, 0.6) is 0 Å². The van der Waals surface area contributed by atoms with E-state index in [4.69, 9.17) is 14.2 Å². The Hall–Kier alpha value is -1.87. The van der Waals surface area contributed by atoms with E-state index in [1.807, 2.05) is 0 Å². The highest BCUT2D eigenvalue weighted by Crippen LogP contribution is 2.21. The predicted octanol–water partition coefficient (Wildman–Crippen LogP) is 2.61. The summed E-state index contributed by atoms with van der Waals surface area (Å²) in [5, 5.41) is 20.8. The maximum absolute atomic E-state index is 12.7. The van der Waals surface area contributed by atoms with Crippen LogP contribution in [0.25, 0.3) is 0 Å². The van der Waals surface area contributed by atoms with Crippen LogP contribution in [0.15, 0.2) is 0 Å². The first-order chi connectivity index (χ1) is 12.6. The van der Waals surface area contributed by atoms with Gasteiger partial charge in [-0.25, -0.2) is 14.5 Å². The van der Waals surface area contributed by atoms with Crippen molar-refractivity contribution in [3.63, 3.8) is 0 Å². The minimum Gasteiger partial charge on any atom is -0.464 e. The Morgan fingerprint density at radius 3 is 1.68 bits per heavy atom. The second-order valence-corrected chi connectivity index (χ2v) is 8.55. The lowest BCUT2D eigenvalue weighted by Crippen LogP contribution is -2.57. The Bertz CT molecular complexity index is 507. The molecular weight excluding hydrogens is 370 g/mol. The normalized spacial score (nSPS) is 15.2. The number of rotatable bonds is 7. The largest absolute Gasteiger partial charge is 0.464 e. The molecule has 164 valence electrons. The first-order valence-electron chi connectivity index (χ1n) is 9.33. The van der Waals surface area contributed by atoms with Crippen molar-refractivity contribution in [2.75, 3.05) is 6.61 Å². The number of carbonyl (C=O) groups is 3. The van der Waals surface area contributed by atoms with Crippen LogP contribution < -0.4 is 0 Å². The van der Waals surface area contributed by atoms with Gasteiger partial charge in [0, 0.05) is 6.92 Å². The molecule has 0 aromatic rings. The van der Waals surface area contributed by atoms with Crippen molar-refractivity contribution in [3.8, 4) is 0 Å². The van der Waals surface area contributed by atoms with Gasteiger partial charge in [0.25, 0.3) is 0 Å². The molecule has 0 fully saturated rings. The lowest BCUT2D eigenvalue weighted by molar-refractivity contribution is -0.145.